The third-order valence-corrected chi connectivity index (χ3v) is 3.99. The Morgan fingerprint density at radius 1 is 0.909 bits per heavy atom. The van der Waals surface area contributed by atoms with Gasteiger partial charge in [-0.25, -0.2) is 0 Å². The number of oxime groups is 1. The van der Waals surface area contributed by atoms with Crippen molar-refractivity contribution in [1.82, 2.24) is 0 Å². The van der Waals surface area contributed by atoms with Gasteiger partial charge in [0, 0.05) is 28.4 Å². The van der Waals surface area contributed by atoms with Crippen LogP contribution >= 0.6 is 0 Å². The lowest BCUT2D eigenvalue weighted by Crippen LogP contribution is -2.52. The first-order chi connectivity index (χ1) is 10.3. The normalized spacial score (nSPS) is 18.2. The van der Waals surface area contributed by atoms with E-state index >= 15 is 0 Å². The summed E-state index contributed by atoms with van der Waals surface area (Å²) >= 11 is 0. The van der Waals surface area contributed by atoms with Gasteiger partial charge in [0.1, 0.15) is 25.4 Å². The Morgan fingerprint density at radius 2 is 1.50 bits per heavy atom. The molecule has 0 saturated heterocycles. The summed E-state index contributed by atoms with van der Waals surface area (Å²) in [6.07, 6.45) is 0.0634. The van der Waals surface area contributed by atoms with Crippen molar-refractivity contribution in [3.63, 3.8) is 0 Å². The third kappa shape index (κ3) is 7.66. The van der Waals surface area contributed by atoms with Crippen LogP contribution in [0.1, 0.15) is 0 Å². The van der Waals surface area contributed by atoms with E-state index in [4.69, 9.17) is 28.2 Å². The highest BCUT2D eigenvalue weighted by Gasteiger charge is 2.38. The molecule has 8 heteroatoms. The van der Waals surface area contributed by atoms with E-state index in [1.807, 2.05) is 0 Å². The van der Waals surface area contributed by atoms with Gasteiger partial charge in [-0.2, -0.15) is 0 Å². The van der Waals surface area contributed by atoms with Crippen molar-refractivity contribution in [2.75, 3.05) is 42.2 Å². The fourth-order valence-corrected chi connectivity index (χ4v) is 3.28. The van der Waals surface area contributed by atoms with E-state index in [2.05, 4.69) is 24.8 Å². The van der Waals surface area contributed by atoms with Gasteiger partial charge in [-0.05, 0) is 19.6 Å². The minimum absolute atomic E-state index is 0.264. The Morgan fingerprint density at radius 3 is 1.86 bits per heavy atom. The lowest BCUT2D eigenvalue weighted by atomic mass is 10.0. The number of ether oxygens (including phenoxy) is 4. The predicted molar refractivity (Wildman–Crippen MR) is 88.0 cm³/mol. The average molecular weight is 337 g/mol. The number of rotatable bonds is 12. The highest BCUT2D eigenvalue weighted by Crippen LogP contribution is 2.19. The fraction of sp³-hybridized carbons (Fsp3) is 0.929. The van der Waals surface area contributed by atoms with Crippen LogP contribution in [0.25, 0.3) is 0 Å². The van der Waals surface area contributed by atoms with Crippen molar-refractivity contribution < 1.29 is 28.2 Å². The van der Waals surface area contributed by atoms with Crippen LogP contribution in [0.2, 0.25) is 19.6 Å². The molecule has 0 aliphatic rings. The molecule has 0 saturated carbocycles. The molecule has 0 heterocycles. The van der Waals surface area contributed by atoms with Crippen molar-refractivity contribution in [1.29, 1.82) is 0 Å². The van der Waals surface area contributed by atoms with Crippen LogP contribution in [-0.2, 0) is 28.2 Å². The standard InChI is InChI=1S/C14H31NO6Si/c1-16-10-12(21-22(6,7)8)14(19-4)13(18-3)11(17-2)9-15-20-5/h9,11-14H,10H2,1-8H3/b15-9+/t11-,12+,13+,14-/m0/s1. The summed E-state index contributed by atoms with van der Waals surface area (Å²) in [5, 5.41) is 3.76. The Labute approximate surface area is 135 Å². The van der Waals surface area contributed by atoms with Gasteiger partial charge < -0.3 is 28.2 Å². The fourth-order valence-electron chi connectivity index (χ4n) is 2.17. The van der Waals surface area contributed by atoms with Crippen LogP contribution in [0, 0.1) is 0 Å². The Kier molecular flexibility index (Phi) is 10.8. The molecule has 0 aliphatic heterocycles. The van der Waals surface area contributed by atoms with Crippen molar-refractivity contribution >= 4 is 14.5 Å². The first-order valence-electron chi connectivity index (χ1n) is 7.16. The van der Waals surface area contributed by atoms with Gasteiger partial charge in [0.15, 0.2) is 8.32 Å². The minimum Gasteiger partial charge on any atom is -0.410 e. The number of hydrogen-bond acceptors (Lipinski definition) is 7. The van der Waals surface area contributed by atoms with Crippen LogP contribution in [0.5, 0.6) is 0 Å². The zero-order chi connectivity index (χ0) is 17.2. The summed E-state index contributed by atoms with van der Waals surface area (Å²) in [5.74, 6) is 0. The molecule has 7 nitrogen and oxygen atoms in total. The SMILES string of the molecule is COC[C@@H](O[Si](C)(C)C)[C@H](OC)[C@H](OC)[C@H](/C=N/OC)OC. The van der Waals surface area contributed by atoms with Gasteiger partial charge in [-0.15, -0.1) is 0 Å². The monoisotopic (exact) mass is 337 g/mol. The quantitative estimate of drug-likeness (QED) is 0.306. The minimum atomic E-state index is -1.78. The number of methoxy groups -OCH3 is 4. The Hall–Kier alpha value is -0.513. The van der Waals surface area contributed by atoms with E-state index in [1.54, 1.807) is 34.7 Å². The maximum absolute atomic E-state index is 6.19. The first-order valence-corrected chi connectivity index (χ1v) is 10.6. The molecule has 0 radical (unpaired) electrons. The Balaban J connectivity index is 5.28. The predicted octanol–water partition coefficient (Wildman–Crippen LogP) is 1.53. The molecule has 22 heavy (non-hydrogen) atoms. The summed E-state index contributed by atoms with van der Waals surface area (Å²) in [4.78, 5) is 4.71. The molecule has 0 fully saturated rings. The van der Waals surface area contributed by atoms with E-state index in [0.29, 0.717) is 6.61 Å². The van der Waals surface area contributed by atoms with Gasteiger partial charge in [-0.1, -0.05) is 5.16 Å². The summed E-state index contributed by atoms with van der Waals surface area (Å²) < 4.78 is 28.1. The molecule has 0 aliphatic carbocycles. The molecule has 132 valence electrons. The summed E-state index contributed by atoms with van der Waals surface area (Å²) in [6.45, 7) is 6.75. The van der Waals surface area contributed by atoms with Gasteiger partial charge in [-0.3, -0.25) is 0 Å². The second-order valence-electron chi connectivity index (χ2n) is 5.76. The number of hydrogen-bond donors (Lipinski definition) is 0. The van der Waals surface area contributed by atoms with E-state index in [0.717, 1.165) is 0 Å². The summed E-state index contributed by atoms with van der Waals surface area (Å²) in [5.41, 5.74) is 0. The van der Waals surface area contributed by atoms with Gasteiger partial charge in [0.25, 0.3) is 0 Å². The third-order valence-electron chi connectivity index (χ3n) is 2.98. The molecular weight excluding hydrogens is 306 g/mol. The topological polar surface area (TPSA) is 67.7 Å². The van der Waals surface area contributed by atoms with Crippen molar-refractivity contribution in [2.24, 2.45) is 5.16 Å². The van der Waals surface area contributed by atoms with Crippen molar-refractivity contribution in [3.8, 4) is 0 Å². The molecule has 0 N–H and O–H groups in total. The molecule has 0 bridgehead atoms. The van der Waals surface area contributed by atoms with Crippen LogP contribution in [0.15, 0.2) is 5.16 Å². The van der Waals surface area contributed by atoms with Crippen LogP contribution < -0.4 is 0 Å². The maximum atomic E-state index is 6.19. The van der Waals surface area contributed by atoms with Gasteiger partial charge >= 0.3 is 0 Å². The smallest absolute Gasteiger partial charge is 0.184 e. The zero-order valence-electron chi connectivity index (χ0n) is 15.0. The van der Waals surface area contributed by atoms with Gasteiger partial charge in [0.2, 0.25) is 0 Å². The number of nitrogens with zero attached hydrogens (tertiary/aromatic N) is 1. The second-order valence-corrected chi connectivity index (χ2v) is 10.2. The Bertz CT molecular complexity index is 310. The highest BCUT2D eigenvalue weighted by molar-refractivity contribution is 6.69. The summed E-state index contributed by atoms with van der Waals surface area (Å²) in [7, 11) is 6.12. The van der Waals surface area contributed by atoms with E-state index < -0.39 is 20.5 Å². The van der Waals surface area contributed by atoms with E-state index in [-0.39, 0.29) is 12.2 Å². The van der Waals surface area contributed by atoms with Gasteiger partial charge in [0.05, 0.1) is 18.9 Å². The molecule has 0 unspecified atom stereocenters. The maximum Gasteiger partial charge on any atom is 0.184 e. The molecule has 4 atom stereocenters. The van der Waals surface area contributed by atoms with Crippen LogP contribution in [0.3, 0.4) is 0 Å². The lowest BCUT2D eigenvalue weighted by Gasteiger charge is -2.36. The van der Waals surface area contributed by atoms with E-state index in [1.165, 1.54) is 7.11 Å². The zero-order valence-corrected chi connectivity index (χ0v) is 16.0. The molecule has 0 aromatic carbocycles. The highest BCUT2D eigenvalue weighted by atomic mass is 28.4. The molecule has 0 amide bonds. The first kappa shape index (κ1) is 21.5. The molecule has 0 aromatic heterocycles. The molecular formula is C14H31NO6Si. The van der Waals surface area contributed by atoms with E-state index in [9.17, 15) is 0 Å². The molecule has 0 rings (SSSR count). The molecule has 0 spiro atoms. The largest absolute Gasteiger partial charge is 0.410 e. The van der Waals surface area contributed by atoms with Crippen molar-refractivity contribution in [3.05, 3.63) is 0 Å². The van der Waals surface area contributed by atoms with Crippen LogP contribution in [-0.4, -0.2) is 81.1 Å². The van der Waals surface area contributed by atoms with Crippen molar-refractivity contribution in [2.45, 2.75) is 44.1 Å². The second kappa shape index (κ2) is 11.1. The van der Waals surface area contributed by atoms with Crippen LogP contribution in [0.4, 0.5) is 0 Å². The summed E-state index contributed by atoms with van der Waals surface area (Å²) in [6, 6.07) is 0. The average Bonchev–Trinajstić information content (AvgIpc) is 2.45. The lowest BCUT2D eigenvalue weighted by molar-refractivity contribution is -0.132. The molecule has 0 aromatic rings.